The van der Waals surface area contributed by atoms with Crippen molar-refractivity contribution < 1.29 is 0 Å². The molecule has 0 aliphatic rings. The summed E-state index contributed by atoms with van der Waals surface area (Å²) < 4.78 is 4.36. The van der Waals surface area contributed by atoms with Crippen LogP contribution in [0.5, 0.6) is 0 Å². The van der Waals surface area contributed by atoms with Gasteiger partial charge in [-0.2, -0.15) is 0 Å². The van der Waals surface area contributed by atoms with Gasteiger partial charge in [-0.05, 0) is 24.5 Å². The first-order chi connectivity index (χ1) is 13.6. The lowest BCUT2D eigenvalue weighted by Gasteiger charge is -2.11. The molecule has 0 amide bonds. The zero-order chi connectivity index (χ0) is 19.7. The molecule has 0 aliphatic carbocycles. The molecule has 138 valence electrons. The average molecular weight is 390 g/mol. The van der Waals surface area contributed by atoms with Crippen molar-refractivity contribution in [1.82, 2.24) is 28.9 Å². The van der Waals surface area contributed by atoms with Gasteiger partial charge in [0.2, 0.25) is 0 Å². The lowest BCUT2D eigenvalue weighted by atomic mass is 10.4. The van der Waals surface area contributed by atoms with Crippen LogP contribution in [0.25, 0.3) is 22.7 Å². The highest BCUT2D eigenvalue weighted by atomic mass is 32.2. The van der Waals surface area contributed by atoms with Crippen molar-refractivity contribution in [2.75, 3.05) is 6.26 Å². The molecule has 0 saturated heterocycles. The fourth-order valence-corrected chi connectivity index (χ4v) is 3.19. The molecule has 4 heterocycles. The summed E-state index contributed by atoms with van der Waals surface area (Å²) in [5.74, 6) is 3.32. The maximum atomic E-state index is 12.8. The summed E-state index contributed by atoms with van der Waals surface area (Å²) in [6.07, 6.45) is 10.4. The van der Waals surface area contributed by atoms with E-state index < -0.39 is 0 Å². The van der Waals surface area contributed by atoms with E-state index in [-0.39, 0.29) is 17.7 Å². The number of fused-ring (bicyclic) bond motifs is 1. The van der Waals surface area contributed by atoms with Gasteiger partial charge < -0.3 is 0 Å². The minimum Gasteiger partial charge on any atom is -0.269 e. The zero-order valence-corrected chi connectivity index (χ0v) is 15.6. The van der Waals surface area contributed by atoms with Gasteiger partial charge in [0, 0.05) is 18.5 Å². The summed E-state index contributed by atoms with van der Waals surface area (Å²) >= 11 is 1.36. The topological polar surface area (TPSA) is 87.6 Å². The van der Waals surface area contributed by atoms with E-state index in [2.05, 4.69) is 20.9 Å². The summed E-state index contributed by atoms with van der Waals surface area (Å²) in [7, 11) is 0. The Bertz CT molecular complexity index is 1350. The van der Waals surface area contributed by atoms with Gasteiger partial charge in [-0.1, -0.05) is 29.8 Å². The molecule has 9 heteroatoms. The van der Waals surface area contributed by atoms with Crippen LogP contribution in [0.2, 0.25) is 0 Å². The molecule has 0 radical (unpaired) electrons. The SMILES string of the molecule is C#CCn1c(=O)c2cnc(SC)nc2n1-c1cccc(-n2ccccc2=O)n1. The number of aromatic nitrogens is 6. The van der Waals surface area contributed by atoms with Crippen LogP contribution in [0, 0.1) is 12.3 Å². The highest BCUT2D eigenvalue weighted by Crippen LogP contribution is 2.18. The van der Waals surface area contributed by atoms with E-state index >= 15 is 0 Å². The Kier molecular flexibility index (Phi) is 4.55. The van der Waals surface area contributed by atoms with E-state index in [1.165, 1.54) is 33.3 Å². The number of pyridine rings is 2. The Balaban J connectivity index is 2.02. The van der Waals surface area contributed by atoms with Crippen molar-refractivity contribution in [1.29, 1.82) is 0 Å². The van der Waals surface area contributed by atoms with Crippen LogP contribution in [0.4, 0.5) is 0 Å². The second-order valence-corrected chi connectivity index (χ2v) is 6.51. The molecule has 8 nitrogen and oxygen atoms in total. The van der Waals surface area contributed by atoms with Gasteiger partial charge in [0.15, 0.2) is 16.6 Å². The Morgan fingerprint density at radius 3 is 2.68 bits per heavy atom. The van der Waals surface area contributed by atoms with Crippen LogP contribution in [-0.2, 0) is 6.54 Å². The number of thioether (sulfide) groups is 1. The van der Waals surface area contributed by atoms with Gasteiger partial charge in [-0.15, -0.1) is 6.42 Å². The fourth-order valence-electron chi connectivity index (χ4n) is 2.85. The Morgan fingerprint density at radius 2 is 1.93 bits per heavy atom. The van der Waals surface area contributed by atoms with Gasteiger partial charge in [0.05, 0.1) is 0 Å². The lowest BCUT2D eigenvalue weighted by molar-refractivity contribution is 0.603. The predicted octanol–water partition coefficient (Wildman–Crippen LogP) is 1.48. The van der Waals surface area contributed by atoms with Crippen LogP contribution in [0.15, 0.2) is 63.5 Å². The number of hydrogen-bond donors (Lipinski definition) is 0. The molecule has 0 aromatic carbocycles. The standard InChI is InChI=1S/C19H14N6O2S/c1-3-10-24-18(27)13-12-20-19(28-2)22-17(13)25(24)15-8-6-7-14(21-15)23-11-5-4-9-16(23)26/h1,4-9,11-12H,10H2,2H3. The van der Waals surface area contributed by atoms with E-state index in [4.69, 9.17) is 6.42 Å². The largest absolute Gasteiger partial charge is 0.279 e. The average Bonchev–Trinajstić information content (AvgIpc) is 3.00. The molecule has 4 aromatic rings. The van der Waals surface area contributed by atoms with Crippen LogP contribution >= 0.6 is 11.8 Å². The molecule has 4 aromatic heterocycles. The Morgan fingerprint density at radius 1 is 1.11 bits per heavy atom. The number of terminal acetylenes is 1. The summed E-state index contributed by atoms with van der Waals surface area (Å²) in [5.41, 5.74) is -0.105. The van der Waals surface area contributed by atoms with Crippen molar-refractivity contribution >= 4 is 22.8 Å². The number of nitrogens with zero attached hydrogens (tertiary/aromatic N) is 6. The molecule has 0 spiro atoms. The van der Waals surface area contributed by atoms with Crippen LogP contribution < -0.4 is 11.1 Å². The van der Waals surface area contributed by atoms with Crippen LogP contribution in [0.1, 0.15) is 0 Å². The van der Waals surface area contributed by atoms with Crippen LogP contribution in [-0.4, -0.2) is 35.1 Å². The normalized spacial score (nSPS) is 10.9. The number of hydrogen-bond acceptors (Lipinski definition) is 6. The van der Waals surface area contributed by atoms with Crippen molar-refractivity contribution in [3.8, 4) is 24.0 Å². The third kappa shape index (κ3) is 2.90. The van der Waals surface area contributed by atoms with E-state index in [1.807, 2.05) is 6.26 Å². The van der Waals surface area contributed by atoms with Crippen molar-refractivity contribution in [3.05, 3.63) is 69.5 Å². The molecule has 0 aliphatic heterocycles. The molecule has 4 rings (SSSR count). The van der Waals surface area contributed by atoms with Crippen LogP contribution in [0.3, 0.4) is 0 Å². The fraction of sp³-hybridized carbons (Fsp3) is 0.105. The van der Waals surface area contributed by atoms with E-state index in [0.29, 0.717) is 27.8 Å². The van der Waals surface area contributed by atoms with Gasteiger partial charge in [-0.3, -0.25) is 14.2 Å². The van der Waals surface area contributed by atoms with Crippen molar-refractivity contribution in [2.45, 2.75) is 11.7 Å². The monoisotopic (exact) mass is 390 g/mol. The molecule has 0 unspecified atom stereocenters. The summed E-state index contributed by atoms with van der Waals surface area (Å²) in [4.78, 5) is 38.2. The minimum absolute atomic E-state index is 0.0426. The zero-order valence-electron chi connectivity index (χ0n) is 14.8. The minimum atomic E-state index is -0.301. The first kappa shape index (κ1) is 17.8. The molecule has 0 fully saturated rings. The van der Waals surface area contributed by atoms with Gasteiger partial charge in [-0.25, -0.2) is 24.3 Å². The van der Waals surface area contributed by atoms with Crippen molar-refractivity contribution in [2.24, 2.45) is 0 Å². The lowest BCUT2D eigenvalue weighted by Crippen LogP contribution is -2.23. The first-order valence-corrected chi connectivity index (χ1v) is 9.48. The third-order valence-electron chi connectivity index (χ3n) is 4.08. The second-order valence-electron chi connectivity index (χ2n) is 5.74. The molecule has 0 atom stereocenters. The van der Waals surface area contributed by atoms with Gasteiger partial charge >= 0.3 is 0 Å². The first-order valence-electron chi connectivity index (χ1n) is 8.25. The molecule has 28 heavy (non-hydrogen) atoms. The number of rotatable bonds is 4. The maximum absolute atomic E-state index is 12.8. The molecule has 0 bridgehead atoms. The second kappa shape index (κ2) is 7.17. The molecule has 0 N–H and O–H groups in total. The van der Waals surface area contributed by atoms with E-state index in [0.717, 1.165) is 0 Å². The third-order valence-corrected chi connectivity index (χ3v) is 4.64. The van der Waals surface area contributed by atoms with Gasteiger partial charge in [0.25, 0.3) is 11.1 Å². The quantitative estimate of drug-likeness (QED) is 0.298. The molecular weight excluding hydrogens is 376 g/mol. The summed E-state index contributed by atoms with van der Waals surface area (Å²) in [6, 6.07) is 10.0. The van der Waals surface area contributed by atoms with Gasteiger partial charge in [0.1, 0.15) is 17.7 Å². The predicted molar refractivity (Wildman–Crippen MR) is 107 cm³/mol. The summed E-state index contributed by atoms with van der Waals surface area (Å²) in [6.45, 7) is 0.0426. The van der Waals surface area contributed by atoms with E-state index in [1.54, 1.807) is 41.2 Å². The summed E-state index contributed by atoms with van der Waals surface area (Å²) in [5, 5.41) is 0.867. The smallest absolute Gasteiger partial charge is 0.269 e. The van der Waals surface area contributed by atoms with Crippen molar-refractivity contribution in [3.63, 3.8) is 0 Å². The molecule has 0 saturated carbocycles. The Labute approximate surface area is 163 Å². The highest BCUT2D eigenvalue weighted by molar-refractivity contribution is 7.98. The Hall–Kier alpha value is -3.64. The maximum Gasteiger partial charge on any atom is 0.279 e. The molecular formula is C19H14N6O2S. The highest BCUT2D eigenvalue weighted by Gasteiger charge is 2.18. The van der Waals surface area contributed by atoms with E-state index in [9.17, 15) is 9.59 Å².